The van der Waals surface area contributed by atoms with E-state index in [-0.39, 0.29) is 5.91 Å². The van der Waals surface area contributed by atoms with Crippen LogP contribution in [0.1, 0.15) is 55.9 Å². The highest BCUT2D eigenvalue weighted by atomic mass is 16.5. The molecule has 0 radical (unpaired) electrons. The first kappa shape index (κ1) is 18.2. The number of amides is 1. The molecule has 138 valence electrons. The van der Waals surface area contributed by atoms with E-state index in [9.17, 15) is 4.79 Å². The number of carbonyl (C=O) groups excluding carboxylic acids is 1. The van der Waals surface area contributed by atoms with E-state index in [1.54, 1.807) is 12.3 Å². The van der Waals surface area contributed by atoms with Gasteiger partial charge in [-0.1, -0.05) is 37.8 Å². The molecule has 2 aromatic rings. The van der Waals surface area contributed by atoms with E-state index < -0.39 is 0 Å². The molecule has 1 heterocycles. The molecule has 26 heavy (non-hydrogen) atoms. The van der Waals surface area contributed by atoms with Gasteiger partial charge in [-0.15, -0.1) is 0 Å². The molecule has 0 saturated heterocycles. The Labute approximate surface area is 155 Å². The highest BCUT2D eigenvalue weighted by Crippen LogP contribution is 2.24. The van der Waals surface area contributed by atoms with Gasteiger partial charge in [-0.3, -0.25) is 4.79 Å². The van der Waals surface area contributed by atoms with Gasteiger partial charge in [0.25, 0.3) is 5.91 Å². The Hall–Kier alpha value is -2.56. The van der Waals surface area contributed by atoms with Gasteiger partial charge in [-0.25, -0.2) is 4.98 Å². The number of para-hydroxylation sites is 2. The minimum atomic E-state index is -0.238. The molecule has 0 spiro atoms. The van der Waals surface area contributed by atoms with E-state index in [2.05, 4.69) is 15.6 Å². The number of benzene rings is 1. The van der Waals surface area contributed by atoms with E-state index in [1.165, 1.54) is 38.5 Å². The van der Waals surface area contributed by atoms with Crippen LogP contribution in [0, 0.1) is 0 Å². The van der Waals surface area contributed by atoms with Gasteiger partial charge >= 0.3 is 0 Å². The van der Waals surface area contributed by atoms with Crippen LogP contribution in [0.15, 0.2) is 42.6 Å². The van der Waals surface area contributed by atoms with Crippen LogP contribution >= 0.6 is 0 Å². The van der Waals surface area contributed by atoms with E-state index in [0.29, 0.717) is 29.8 Å². The van der Waals surface area contributed by atoms with Crippen LogP contribution in [0.2, 0.25) is 0 Å². The zero-order chi connectivity index (χ0) is 18.2. The number of rotatable bonds is 6. The molecule has 1 saturated carbocycles. The molecule has 1 fully saturated rings. The molecule has 1 aromatic heterocycles. The van der Waals surface area contributed by atoms with E-state index >= 15 is 0 Å². The fourth-order valence-electron chi connectivity index (χ4n) is 3.31. The van der Waals surface area contributed by atoms with Gasteiger partial charge < -0.3 is 15.4 Å². The normalized spacial score (nSPS) is 15.1. The van der Waals surface area contributed by atoms with Crippen molar-refractivity contribution in [2.45, 2.75) is 51.5 Å². The quantitative estimate of drug-likeness (QED) is 0.728. The summed E-state index contributed by atoms with van der Waals surface area (Å²) < 4.78 is 5.54. The Balaban J connectivity index is 1.62. The van der Waals surface area contributed by atoms with Crippen molar-refractivity contribution in [1.29, 1.82) is 0 Å². The van der Waals surface area contributed by atoms with Gasteiger partial charge in [0.05, 0.1) is 24.2 Å². The van der Waals surface area contributed by atoms with Gasteiger partial charge in [-0.05, 0) is 44.0 Å². The summed E-state index contributed by atoms with van der Waals surface area (Å²) in [4.78, 5) is 16.8. The summed E-state index contributed by atoms with van der Waals surface area (Å²) in [7, 11) is 0. The maximum Gasteiger partial charge on any atom is 0.274 e. The molecule has 1 aromatic carbocycles. The third-order valence-corrected chi connectivity index (χ3v) is 4.66. The first-order valence-corrected chi connectivity index (χ1v) is 9.52. The summed E-state index contributed by atoms with van der Waals surface area (Å²) in [5.41, 5.74) is 2.02. The number of hydrogen-bond donors (Lipinski definition) is 2. The summed E-state index contributed by atoms with van der Waals surface area (Å²) in [5, 5.41) is 6.42. The van der Waals surface area contributed by atoms with Crippen molar-refractivity contribution in [3.63, 3.8) is 0 Å². The van der Waals surface area contributed by atoms with Crippen molar-refractivity contribution >= 4 is 17.3 Å². The van der Waals surface area contributed by atoms with Crippen molar-refractivity contribution in [3.05, 3.63) is 48.3 Å². The topological polar surface area (TPSA) is 63.2 Å². The fourth-order valence-corrected chi connectivity index (χ4v) is 3.31. The molecule has 1 aliphatic rings. The van der Waals surface area contributed by atoms with Crippen LogP contribution in [-0.2, 0) is 0 Å². The Kier molecular flexibility index (Phi) is 6.47. The van der Waals surface area contributed by atoms with Gasteiger partial charge in [-0.2, -0.15) is 0 Å². The molecule has 1 aliphatic carbocycles. The van der Waals surface area contributed by atoms with Crippen molar-refractivity contribution < 1.29 is 9.53 Å². The van der Waals surface area contributed by atoms with Crippen molar-refractivity contribution in [1.82, 2.24) is 4.98 Å². The Bertz CT molecular complexity index is 707. The monoisotopic (exact) mass is 353 g/mol. The number of pyridine rings is 1. The summed E-state index contributed by atoms with van der Waals surface area (Å²) in [6.45, 7) is 2.47. The number of carbonyl (C=O) groups is 1. The van der Waals surface area contributed by atoms with Crippen LogP contribution in [0.4, 0.5) is 11.4 Å². The zero-order valence-corrected chi connectivity index (χ0v) is 15.3. The number of nitrogens with one attached hydrogen (secondary N) is 2. The molecule has 1 amide bonds. The third-order valence-electron chi connectivity index (χ3n) is 4.66. The van der Waals surface area contributed by atoms with Crippen molar-refractivity contribution in [2.24, 2.45) is 0 Å². The average Bonchev–Trinajstić information content (AvgIpc) is 2.93. The molecular formula is C21H27N3O2. The predicted molar refractivity (Wildman–Crippen MR) is 105 cm³/mol. The van der Waals surface area contributed by atoms with Crippen LogP contribution in [-0.4, -0.2) is 23.5 Å². The van der Waals surface area contributed by atoms with Gasteiger partial charge in [0.2, 0.25) is 0 Å². The second-order valence-corrected chi connectivity index (χ2v) is 6.65. The maximum absolute atomic E-state index is 12.5. The molecule has 0 aliphatic heterocycles. The summed E-state index contributed by atoms with van der Waals surface area (Å²) >= 11 is 0. The van der Waals surface area contributed by atoms with E-state index in [1.807, 2.05) is 37.3 Å². The van der Waals surface area contributed by atoms with Gasteiger partial charge in [0, 0.05) is 6.04 Å². The lowest BCUT2D eigenvalue weighted by Crippen LogP contribution is -2.19. The lowest BCUT2D eigenvalue weighted by Gasteiger charge is -2.17. The smallest absolute Gasteiger partial charge is 0.274 e. The van der Waals surface area contributed by atoms with Crippen molar-refractivity contribution in [3.8, 4) is 5.75 Å². The highest BCUT2D eigenvalue weighted by Gasteiger charge is 2.14. The number of hydrogen-bond acceptors (Lipinski definition) is 4. The summed E-state index contributed by atoms with van der Waals surface area (Å²) in [5.74, 6) is 0.424. The SMILES string of the molecule is CCOc1ccccc1NC(=O)c1ccc(NC2CCCCCC2)cn1. The molecule has 0 bridgehead atoms. The largest absolute Gasteiger partial charge is 0.492 e. The standard InChI is InChI=1S/C21H27N3O2/c1-2-26-20-12-8-7-11-18(20)24-21(25)19-14-13-17(15-22-19)23-16-9-5-3-4-6-10-16/h7-8,11-16,23H,2-6,9-10H2,1H3,(H,24,25). The number of aromatic nitrogens is 1. The Morgan fingerprint density at radius 3 is 2.58 bits per heavy atom. The molecular weight excluding hydrogens is 326 g/mol. The molecule has 3 rings (SSSR count). The lowest BCUT2D eigenvalue weighted by atomic mass is 10.1. The molecule has 5 heteroatoms. The van der Waals surface area contributed by atoms with Gasteiger partial charge in [0.15, 0.2) is 0 Å². The minimum absolute atomic E-state index is 0.238. The van der Waals surface area contributed by atoms with Gasteiger partial charge in [0.1, 0.15) is 11.4 Å². The Morgan fingerprint density at radius 1 is 1.12 bits per heavy atom. The molecule has 5 nitrogen and oxygen atoms in total. The van der Waals surface area contributed by atoms with Crippen LogP contribution in [0.25, 0.3) is 0 Å². The third kappa shape index (κ3) is 4.97. The zero-order valence-electron chi connectivity index (χ0n) is 15.3. The summed E-state index contributed by atoms with van der Waals surface area (Å²) in [6, 6.07) is 11.6. The number of ether oxygens (including phenoxy) is 1. The Morgan fingerprint density at radius 2 is 1.88 bits per heavy atom. The first-order valence-electron chi connectivity index (χ1n) is 9.52. The molecule has 0 unspecified atom stereocenters. The molecule has 2 N–H and O–H groups in total. The predicted octanol–water partition coefficient (Wildman–Crippen LogP) is 4.87. The highest BCUT2D eigenvalue weighted by molar-refractivity contribution is 6.03. The summed E-state index contributed by atoms with van der Waals surface area (Å²) in [6.07, 6.45) is 9.38. The lowest BCUT2D eigenvalue weighted by molar-refractivity contribution is 0.102. The number of anilines is 2. The van der Waals surface area contributed by atoms with Crippen LogP contribution in [0.5, 0.6) is 5.75 Å². The van der Waals surface area contributed by atoms with Crippen molar-refractivity contribution in [2.75, 3.05) is 17.2 Å². The van der Waals surface area contributed by atoms with E-state index in [4.69, 9.17) is 4.74 Å². The number of nitrogens with zero attached hydrogens (tertiary/aromatic N) is 1. The van der Waals surface area contributed by atoms with Crippen LogP contribution in [0.3, 0.4) is 0 Å². The first-order chi connectivity index (χ1) is 12.8. The van der Waals surface area contributed by atoms with Crippen LogP contribution < -0.4 is 15.4 Å². The minimum Gasteiger partial charge on any atom is -0.492 e. The second-order valence-electron chi connectivity index (χ2n) is 6.65. The molecule has 0 atom stereocenters. The fraction of sp³-hybridized carbons (Fsp3) is 0.429. The van der Waals surface area contributed by atoms with E-state index in [0.717, 1.165) is 5.69 Å². The maximum atomic E-state index is 12.5. The average molecular weight is 353 g/mol. The second kappa shape index (κ2) is 9.22.